The molecule has 0 unspecified atom stereocenters. The van der Waals surface area contributed by atoms with E-state index in [1.807, 2.05) is 31.3 Å². The summed E-state index contributed by atoms with van der Waals surface area (Å²) in [6, 6.07) is 8.19. The normalized spacial score (nSPS) is 14.5. The van der Waals surface area contributed by atoms with Gasteiger partial charge in [0.25, 0.3) is 5.91 Å². The second-order valence-electron chi connectivity index (χ2n) is 4.56. The van der Waals surface area contributed by atoms with E-state index in [9.17, 15) is 4.79 Å². The van der Waals surface area contributed by atoms with Gasteiger partial charge in [0.2, 0.25) is 0 Å². The predicted molar refractivity (Wildman–Crippen MR) is 71.8 cm³/mol. The molecule has 2 N–H and O–H groups in total. The number of anilines is 1. The molecule has 1 aromatic carbocycles. The highest BCUT2D eigenvalue weighted by atomic mass is 16.1. The molecule has 0 bridgehead atoms. The molecule has 0 radical (unpaired) electrons. The zero-order chi connectivity index (χ0) is 12.5. The summed E-state index contributed by atoms with van der Waals surface area (Å²) < 4.78 is 0. The van der Waals surface area contributed by atoms with Crippen molar-refractivity contribution in [2.24, 2.45) is 0 Å². The van der Waals surface area contributed by atoms with Gasteiger partial charge in [0.15, 0.2) is 0 Å². The summed E-state index contributed by atoms with van der Waals surface area (Å²) in [5.74, 6) is 0.775. The molecule has 4 heteroatoms. The number of benzene rings is 1. The number of nitrogens with zero attached hydrogens (tertiary/aromatic N) is 1. The molecule has 2 aromatic rings. The first-order valence-corrected chi connectivity index (χ1v) is 6.16. The third kappa shape index (κ3) is 1.90. The Labute approximate surface area is 105 Å². The molecule has 0 atom stereocenters. The smallest absolute Gasteiger partial charge is 0.253 e. The Hall–Kier alpha value is -2.10. The van der Waals surface area contributed by atoms with Crippen LogP contribution >= 0.6 is 0 Å². The average Bonchev–Trinajstić information content (AvgIpc) is 3.21. The molecular formula is C14H15N3O. The summed E-state index contributed by atoms with van der Waals surface area (Å²) in [6.45, 7) is 0. The number of fused-ring (bicyclic) bond motifs is 1. The van der Waals surface area contributed by atoms with Gasteiger partial charge in [-0.3, -0.25) is 4.79 Å². The second-order valence-corrected chi connectivity index (χ2v) is 4.56. The first-order chi connectivity index (χ1) is 8.79. The van der Waals surface area contributed by atoms with E-state index in [0.29, 0.717) is 11.6 Å². The predicted octanol–water partition coefficient (Wildman–Crippen LogP) is 2.17. The minimum Gasteiger partial charge on any atom is -0.373 e. The first-order valence-electron chi connectivity index (χ1n) is 6.16. The molecule has 1 aromatic heterocycles. The number of carbonyl (C=O) groups is 1. The van der Waals surface area contributed by atoms with Gasteiger partial charge in [0.1, 0.15) is 5.82 Å². The molecule has 3 rings (SSSR count). The van der Waals surface area contributed by atoms with Crippen LogP contribution in [-0.4, -0.2) is 24.0 Å². The number of hydrogen-bond donors (Lipinski definition) is 2. The quantitative estimate of drug-likeness (QED) is 0.866. The topological polar surface area (TPSA) is 54.0 Å². The number of carbonyl (C=O) groups excluding carboxylic acids is 1. The molecule has 1 saturated carbocycles. The maximum absolute atomic E-state index is 12.1. The molecule has 0 spiro atoms. The number of hydrogen-bond acceptors (Lipinski definition) is 3. The Bertz CT molecular complexity index is 605. The number of aromatic nitrogens is 1. The molecule has 1 aliphatic rings. The van der Waals surface area contributed by atoms with Gasteiger partial charge in [-0.25, -0.2) is 4.98 Å². The first kappa shape index (κ1) is 11.0. The monoisotopic (exact) mass is 241 g/mol. The number of amides is 1. The molecular weight excluding hydrogens is 226 g/mol. The average molecular weight is 241 g/mol. The van der Waals surface area contributed by atoms with E-state index in [0.717, 1.165) is 29.4 Å². The van der Waals surface area contributed by atoms with Crippen molar-refractivity contribution in [1.82, 2.24) is 10.3 Å². The van der Waals surface area contributed by atoms with Gasteiger partial charge in [0, 0.05) is 24.7 Å². The highest BCUT2D eigenvalue weighted by Gasteiger charge is 2.24. The Morgan fingerprint density at radius 2 is 2.00 bits per heavy atom. The summed E-state index contributed by atoms with van der Waals surface area (Å²) >= 11 is 0. The van der Waals surface area contributed by atoms with Gasteiger partial charge >= 0.3 is 0 Å². The largest absolute Gasteiger partial charge is 0.373 e. The summed E-state index contributed by atoms with van der Waals surface area (Å²) in [6.07, 6.45) is 3.82. The number of rotatable bonds is 3. The zero-order valence-corrected chi connectivity index (χ0v) is 10.2. The van der Waals surface area contributed by atoms with Crippen molar-refractivity contribution in [1.29, 1.82) is 0 Å². The van der Waals surface area contributed by atoms with Gasteiger partial charge in [-0.05, 0) is 18.2 Å². The van der Waals surface area contributed by atoms with E-state index in [-0.39, 0.29) is 5.91 Å². The van der Waals surface area contributed by atoms with E-state index in [1.54, 1.807) is 6.20 Å². The number of pyridine rings is 1. The van der Waals surface area contributed by atoms with Crippen LogP contribution in [-0.2, 0) is 0 Å². The van der Waals surface area contributed by atoms with Crippen LogP contribution in [0.2, 0.25) is 0 Å². The van der Waals surface area contributed by atoms with Crippen LogP contribution in [0.5, 0.6) is 0 Å². The molecule has 1 amide bonds. The summed E-state index contributed by atoms with van der Waals surface area (Å²) in [4.78, 5) is 16.4. The molecule has 0 aliphatic heterocycles. The highest BCUT2D eigenvalue weighted by molar-refractivity contribution is 6.09. The van der Waals surface area contributed by atoms with E-state index >= 15 is 0 Å². The van der Waals surface area contributed by atoms with Gasteiger partial charge in [-0.15, -0.1) is 0 Å². The zero-order valence-electron chi connectivity index (χ0n) is 10.2. The van der Waals surface area contributed by atoms with Crippen LogP contribution in [0.4, 0.5) is 5.82 Å². The van der Waals surface area contributed by atoms with Crippen LogP contribution in [0, 0.1) is 0 Å². The molecule has 0 saturated heterocycles. The lowest BCUT2D eigenvalue weighted by molar-refractivity contribution is 0.0952. The van der Waals surface area contributed by atoms with Gasteiger partial charge in [0.05, 0.1) is 5.56 Å². The maximum Gasteiger partial charge on any atom is 0.253 e. The van der Waals surface area contributed by atoms with Crippen molar-refractivity contribution in [3.63, 3.8) is 0 Å². The lowest BCUT2D eigenvalue weighted by atomic mass is 10.1. The van der Waals surface area contributed by atoms with E-state index in [2.05, 4.69) is 15.6 Å². The van der Waals surface area contributed by atoms with E-state index in [4.69, 9.17) is 0 Å². The van der Waals surface area contributed by atoms with Crippen molar-refractivity contribution in [3.05, 3.63) is 36.0 Å². The van der Waals surface area contributed by atoms with Crippen molar-refractivity contribution in [2.45, 2.75) is 18.9 Å². The van der Waals surface area contributed by atoms with Crippen LogP contribution in [0.15, 0.2) is 30.5 Å². The summed E-state index contributed by atoms with van der Waals surface area (Å²) in [5.41, 5.74) is 0.650. The second kappa shape index (κ2) is 4.29. The van der Waals surface area contributed by atoms with Crippen molar-refractivity contribution in [3.8, 4) is 0 Å². The highest BCUT2D eigenvalue weighted by Crippen LogP contribution is 2.25. The van der Waals surface area contributed by atoms with Gasteiger partial charge in [-0.2, -0.15) is 0 Å². The Morgan fingerprint density at radius 1 is 1.28 bits per heavy atom. The van der Waals surface area contributed by atoms with Crippen molar-refractivity contribution in [2.75, 3.05) is 12.4 Å². The SMILES string of the molecule is CNc1ncc(C(=O)NC2CC2)c2ccccc12. The van der Waals surface area contributed by atoms with Crippen LogP contribution in [0.1, 0.15) is 23.2 Å². The fourth-order valence-corrected chi connectivity index (χ4v) is 2.06. The van der Waals surface area contributed by atoms with Crippen LogP contribution in [0.25, 0.3) is 10.8 Å². The van der Waals surface area contributed by atoms with Crippen LogP contribution in [0.3, 0.4) is 0 Å². The summed E-state index contributed by atoms with van der Waals surface area (Å²) in [7, 11) is 1.83. The minimum atomic E-state index is -0.0242. The van der Waals surface area contributed by atoms with Crippen molar-refractivity contribution >= 4 is 22.5 Å². The molecule has 1 heterocycles. The fraction of sp³-hybridized carbons (Fsp3) is 0.286. The maximum atomic E-state index is 12.1. The molecule has 1 fully saturated rings. The molecule has 92 valence electrons. The lowest BCUT2D eigenvalue weighted by Gasteiger charge is -2.10. The Morgan fingerprint density at radius 3 is 2.67 bits per heavy atom. The Balaban J connectivity index is 2.08. The van der Waals surface area contributed by atoms with Crippen molar-refractivity contribution < 1.29 is 4.79 Å². The van der Waals surface area contributed by atoms with Gasteiger partial charge < -0.3 is 10.6 Å². The van der Waals surface area contributed by atoms with E-state index < -0.39 is 0 Å². The molecule has 1 aliphatic carbocycles. The standard InChI is InChI=1S/C14H15N3O/c1-15-13-11-5-3-2-4-10(11)12(8-16-13)14(18)17-9-6-7-9/h2-5,8-9H,6-7H2,1H3,(H,15,16)(H,17,18). The van der Waals surface area contributed by atoms with E-state index in [1.165, 1.54) is 0 Å². The fourth-order valence-electron chi connectivity index (χ4n) is 2.06. The van der Waals surface area contributed by atoms with Gasteiger partial charge in [-0.1, -0.05) is 24.3 Å². The molecule has 18 heavy (non-hydrogen) atoms. The lowest BCUT2D eigenvalue weighted by Crippen LogP contribution is -2.25. The third-order valence-electron chi connectivity index (χ3n) is 3.19. The van der Waals surface area contributed by atoms with Crippen LogP contribution < -0.4 is 10.6 Å². The summed E-state index contributed by atoms with van der Waals surface area (Å²) in [5, 5.41) is 7.96. The Kier molecular flexibility index (Phi) is 2.63. The third-order valence-corrected chi connectivity index (χ3v) is 3.19. The number of nitrogens with one attached hydrogen (secondary N) is 2. The molecule has 4 nitrogen and oxygen atoms in total. The minimum absolute atomic E-state index is 0.0242.